The maximum Gasteiger partial charge on any atom is 0.346 e. The van der Waals surface area contributed by atoms with Gasteiger partial charge in [-0.05, 0) is 29.7 Å². The normalized spacial score (nSPS) is 19.4. The topological polar surface area (TPSA) is 88.1 Å². The van der Waals surface area contributed by atoms with Crippen molar-refractivity contribution in [3.05, 3.63) is 71.3 Å². The van der Waals surface area contributed by atoms with E-state index in [9.17, 15) is 14.4 Å². The van der Waals surface area contributed by atoms with Crippen molar-refractivity contribution in [1.29, 1.82) is 0 Å². The molecule has 3 rings (SSSR count). The Kier molecular flexibility index (Phi) is 5.03. The van der Waals surface area contributed by atoms with Crippen LogP contribution in [0.3, 0.4) is 0 Å². The number of amides is 3. The van der Waals surface area contributed by atoms with Gasteiger partial charge in [0.15, 0.2) is 0 Å². The van der Waals surface area contributed by atoms with Gasteiger partial charge in [0.25, 0.3) is 5.91 Å². The maximum atomic E-state index is 12.9. The molecular formula is C20H19N3O4. The van der Waals surface area contributed by atoms with E-state index >= 15 is 0 Å². The molecule has 27 heavy (non-hydrogen) atoms. The number of methoxy groups -OCH3 is 1. The molecule has 1 heterocycles. The number of benzene rings is 2. The van der Waals surface area contributed by atoms with Gasteiger partial charge >= 0.3 is 12.0 Å². The van der Waals surface area contributed by atoms with Crippen molar-refractivity contribution < 1.29 is 19.1 Å². The number of ether oxygens (including phenoxy) is 1. The highest BCUT2D eigenvalue weighted by molar-refractivity contribution is 6.07. The first-order valence-corrected chi connectivity index (χ1v) is 8.46. The number of esters is 1. The molecule has 2 aromatic rings. The molecule has 0 aromatic heterocycles. The van der Waals surface area contributed by atoms with Crippen molar-refractivity contribution in [1.82, 2.24) is 10.3 Å². The zero-order valence-corrected chi connectivity index (χ0v) is 15.0. The average molecular weight is 365 g/mol. The summed E-state index contributed by atoms with van der Waals surface area (Å²) in [6.45, 7) is 1.84. The second-order valence-electron chi connectivity index (χ2n) is 6.03. The lowest BCUT2D eigenvalue weighted by atomic mass is 9.87. The zero-order valence-electron chi connectivity index (χ0n) is 15.0. The Bertz CT molecular complexity index is 893. The number of imide groups is 1. The molecule has 2 aromatic carbocycles. The highest BCUT2D eigenvalue weighted by Gasteiger charge is 2.51. The summed E-state index contributed by atoms with van der Waals surface area (Å²) in [5.41, 5.74) is 0.631. The molecule has 3 amide bonds. The Labute approximate surface area is 156 Å². The first-order valence-electron chi connectivity index (χ1n) is 8.46. The number of nitrogens with one attached hydrogen (secondary N) is 1. The van der Waals surface area contributed by atoms with Crippen LogP contribution in [0.25, 0.3) is 0 Å². The van der Waals surface area contributed by atoms with Gasteiger partial charge in [-0.3, -0.25) is 4.79 Å². The van der Waals surface area contributed by atoms with E-state index in [1.165, 1.54) is 13.3 Å². The molecule has 0 radical (unpaired) electrons. The first kappa shape index (κ1) is 18.3. The van der Waals surface area contributed by atoms with Crippen LogP contribution in [0.4, 0.5) is 4.79 Å². The molecule has 1 N–H and O–H groups in total. The quantitative estimate of drug-likeness (QED) is 0.501. The third-order valence-electron chi connectivity index (χ3n) is 4.52. The van der Waals surface area contributed by atoms with Gasteiger partial charge in [-0.1, -0.05) is 49.4 Å². The summed E-state index contributed by atoms with van der Waals surface area (Å²) in [6, 6.07) is 15.0. The summed E-state index contributed by atoms with van der Waals surface area (Å²) >= 11 is 0. The Hall–Kier alpha value is -3.48. The molecule has 138 valence electrons. The molecule has 0 saturated carbocycles. The predicted octanol–water partition coefficient (Wildman–Crippen LogP) is 2.66. The lowest BCUT2D eigenvalue weighted by Gasteiger charge is -2.24. The number of carbonyl (C=O) groups excluding carboxylic acids is 3. The molecule has 0 bridgehead atoms. The minimum absolute atomic E-state index is 0.402. The zero-order chi connectivity index (χ0) is 19.4. The number of hydrazone groups is 1. The second kappa shape index (κ2) is 7.41. The van der Waals surface area contributed by atoms with Crippen molar-refractivity contribution in [2.75, 3.05) is 7.11 Å². The van der Waals surface area contributed by atoms with Gasteiger partial charge in [0.2, 0.25) is 0 Å². The average Bonchev–Trinajstić information content (AvgIpc) is 2.97. The summed E-state index contributed by atoms with van der Waals surface area (Å²) in [5, 5.41) is 7.65. The van der Waals surface area contributed by atoms with E-state index < -0.39 is 23.4 Å². The fourth-order valence-corrected chi connectivity index (χ4v) is 2.98. The van der Waals surface area contributed by atoms with Gasteiger partial charge in [-0.25, -0.2) is 9.59 Å². The van der Waals surface area contributed by atoms with E-state index in [0.717, 1.165) is 5.01 Å². The lowest BCUT2D eigenvalue weighted by Crippen LogP contribution is -2.43. The SMILES string of the molecule is CC[C@@]1(c2ccccc2)NC(=O)N(/N=C\c2ccc(C(=O)OC)cc2)C1=O. The minimum atomic E-state index is -1.12. The van der Waals surface area contributed by atoms with Crippen LogP contribution < -0.4 is 5.32 Å². The highest BCUT2D eigenvalue weighted by Crippen LogP contribution is 2.32. The largest absolute Gasteiger partial charge is 0.465 e. The number of hydrogen-bond acceptors (Lipinski definition) is 5. The van der Waals surface area contributed by atoms with Crippen LogP contribution in [-0.4, -0.2) is 36.2 Å². The molecule has 0 unspecified atom stereocenters. The number of hydrogen-bond donors (Lipinski definition) is 1. The van der Waals surface area contributed by atoms with Gasteiger partial charge in [-0.15, -0.1) is 5.01 Å². The second-order valence-corrected chi connectivity index (χ2v) is 6.03. The van der Waals surface area contributed by atoms with Crippen LogP contribution in [0, 0.1) is 0 Å². The fourth-order valence-electron chi connectivity index (χ4n) is 2.98. The molecular weight excluding hydrogens is 346 g/mol. The summed E-state index contributed by atoms with van der Waals surface area (Å²) in [5.74, 6) is -0.869. The van der Waals surface area contributed by atoms with Gasteiger partial charge in [0, 0.05) is 0 Å². The van der Waals surface area contributed by atoms with Crippen LogP contribution in [0.5, 0.6) is 0 Å². The van der Waals surface area contributed by atoms with Crippen LogP contribution in [0.2, 0.25) is 0 Å². The molecule has 7 nitrogen and oxygen atoms in total. The molecule has 1 aliphatic heterocycles. The summed E-state index contributed by atoms with van der Waals surface area (Å²) in [6.07, 6.45) is 1.80. The molecule has 1 atom stereocenters. The number of rotatable bonds is 5. The fraction of sp³-hybridized carbons (Fsp3) is 0.200. The predicted molar refractivity (Wildman–Crippen MR) is 99.2 cm³/mol. The molecule has 0 spiro atoms. The van der Waals surface area contributed by atoms with Crippen LogP contribution in [-0.2, 0) is 15.1 Å². The summed E-state index contributed by atoms with van der Waals surface area (Å²) < 4.78 is 4.64. The Morgan fingerprint density at radius 2 is 1.81 bits per heavy atom. The summed E-state index contributed by atoms with van der Waals surface area (Å²) in [7, 11) is 1.31. The van der Waals surface area contributed by atoms with Crippen molar-refractivity contribution in [2.45, 2.75) is 18.9 Å². The van der Waals surface area contributed by atoms with E-state index in [4.69, 9.17) is 0 Å². The Morgan fingerprint density at radius 1 is 1.15 bits per heavy atom. The van der Waals surface area contributed by atoms with E-state index in [1.807, 2.05) is 25.1 Å². The van der Waals surface area contributed by atoms with E-state index in [1.54, 1.807) is 36.4 Å². The molecule has 7 heteroatoms. The summed E-state index contributed by atoms with van der Waals surface area (Å²) in [4.78, 5) is 36.8. The van der Waals surface area contributed by atoms with Crippen molar-refractivity contribution in [2.24, 2.45) is 5.10 Å². The van der Waals surface area contributed by atoms with E-state index in [-0.39, 0.29) is 0 Å². The number of nitrogens with zero attached hydrogens (tertiary/aromatic N) is 2. The Morgan fingerprint density at radius 3 is 2.41 bits per heavy atom. The third-order valence-corrected chi connectivity index (χ3v) is 4.52. The highest BCUT2D eigenvalue weighted by atomic mass is 16.5. The standard InChI is InChI=1S/C20H19N3O4/c1-3-20(16-7-5-4-6-8-16)18(25)23(19(26)22-20)21-13-14-9-11-15(12-10-14)17(24)27-2/h4-13H,3H2,1-2H3,(H,22,26)/b21-13-/t20-/m0/s1. The molecule has 1 saturated heterocycles. The Balaban J connectivity index is 1.83. The number of carbonyl (C=O) groups is 3. The van der Waals surface area contributed by atoms with Crippen LogP contribution in [0.15, 0.2) is 59.7 Å². The molecule has 1 aliphatic rings. The maximum absolute atomic E-state index is 12.9. The molecule has 1 fully saturated rings. The number of urea groups is 1. The molecule has 0 aliphatic carbocycles. The van der Waals surface area contributed by atoms with Crippen molar-refractivity contribution in [3.63, 3.8) is 0 Å². The van der Waals surface area contributed by atoms with Crippen molar-refractivity contribution in [3.8, 4) is 0 Å². The van der Waals surface area contributed by atoms with Crippen molar-refractivity contribution >= 4 is 24.1 Å². The van der Waals surface area contributed by atoms with Crippen LogP contribution >= 0.6 is 0 Å². The van der Waals surface area contributed by atoms with Gasteiger partial charge in [0.1, 0.15) is 5.54 Å². The monoisotopic (exact) mass is 365 g/mol. The van der Waals surface area contributed by atoms with Gasteiger partial charge in [-0.2, -0.15) is 5.10 Å². The first-order chi connectivity index (χ1) is 13.0. The van der Waals surface area contributed by atoms with E-state index in [0.29, 0.717) is 23.1 Å². The minimum Gasteiger partial charge on any atom is -0.465 e. The smallest absolute Gasteiger partial charge is 0.346 e. The third kappa shape index (κ3) is 3.31. The van der Waals surface area contributed by atoms with Gasteiger partial charge < -0.3 is 10.1 Å². The lowest BCUT2D eigenvalue weighted by molar-refractivity contribution is -0.131. The van der Waals surface area contributed by atoms with Gasteiger partial charge in [0.05, 0.1) is 18.9 Å². The van der Waals surface area contributed by atoms with Crippen LogP contribution in [0.1, 0.15) is 34.8 Å². The van der Waals surface area contributed by atoms with E-state index in [2.05, 4.69) is 15.2 Å².